The first kappa shape index (κ1) is 19.9. The Morgan fingerprint density at radius 3 is 2.60 bits per heavy atom. The first-order valence-corrected chi connectivity index (χ1v) is 10.3. The molecule has 0 radical (unpaired) electrons. The second-order valence-electron chi connectivity index (χ2n) is 7.70. The van der Waals surface area contributed by atoms with Crippen LogP contribution in [0.1, 0.15) is 32.9 Å². The minimum absolute atomic E-state index is 0.107. The van der Waals surface area contributed by atoms with Gasteiger partial charge >= 0.3 is 0 Å². The van der Waals surface area contributed by atoms with Gasteiger partial charge < -0.3 is 14.8 Å². The van der Waals surface area contributed by atoms with Gasteiger partial charge in [0.1, 0.15) is 5.69 Å². The van der Waals surface area contributed by atoms with Crippen molar-refractivity contribution >= 4 is 11.8 Å². The van der Waals surface area contributed by atoms with E-state index in [0.29, 0.717) is 38.3 Å². The van der Waals surface area contributed by atoms with E-state index in [9.17, 15) is 9.59 Å². The molecule has 30 heavy (non-hydrogen) atoms. The molecule has 4 rings (SSSR count). The van der Waals surface area contributed by atoms with Crippen LogP contribution in [0.4, 0.5) is 0 Å². The molecule has 0 saturated carbocycles. The molecule has 1 aromatic carbocycles. The summed E-state index contributed by atoms with van der Waals surface area (Å²) in [5, 5.41) is 2.96. The third-order valence-corrected chi connectivity index (χ3v) is 5.54. The van der Waals surface area contributed by atoms with E-state index in [2.05, 4.69) is 10.3 Å². The molecule has 3 aromatic rings. The van der Waals surface area contributed by atoms with Crippen molar-refractivity contribution < 1.29 is 9.59 Å². The van der Waals surface area contributed by atoms with Gasteiger partial charge in [-0.2, -0.15) is 0 Å². The minimum Gasteiger partial charge on any atom is -0.347 e. The number of aromatic nitrogens is 2. The molecule has 1 N–H and O–H groups in total. The molecule has 6 nitrogen and oxygen atoms in total. The number of hydrogen-bond donors (Lipinski definition) is 1. The number of fused-ring (bicyclic) bond motifs is 1. The third kappa shape index (κ3) is 4.59. The van der Waals surface area contributed by atoms with E-state index in [1.807, 2.05) is 64.9 Å². The molecule has 1 aliphatic heterocycles. The third-order valence-electron chi connectivity index (χ3n) is 5.54. The standard InChI is InChI=1S/C24H26N4O2/c1-18-4-6-19(7-5-18)15-23(29)27-12-10-21-8-9-22(28(21)14-13-27)24(30)26-17-20-3-2-11-25-16-20/h2-9,11,16H,10,12-15,17H2,1H3,(H,26,30). The zero-order valence-electron chi connectivity index (χ0n) is 17.2. The number of carbonyl (C=O) groups is 2. The second-order valence-corrected chi connectivity index (χ2v) is 7.70. The van der Waals surface area contributed by atoms with Crippen LogP contribution < -0.4 is 5.32 Å². The summed E-state index contributed by atoms with van der Waals surface area (Å²) in [6, 6.07) is 15.7. The number of hydrogen-bond acceptors (Lipinski definition) is 3. The number of carbonyl (C=O) groups excluding carboxylic acids is 2. The number of pyridine rings is 1. The van der Waals surface area contributed by atoms with Crippen molar-refractivity contribution in [2.24, 2.45) is 0 Å². The molecule has 1 aliphatic rings. The summed E-state index contributed by atoms with van der Waals surface area (Å²) in [6.07, 6.45) is 4.61. The molecule has 154 valence electrons. The van der Waals surface area contributed by atoms with E-state index in [1.165, 1.54) is 5.56 Å². The summed E-state index contributed by atoms with van der Waals surface area (Å²) < 4.78 is 2.04. The Kier molecular flexibility index (Phi) is 5.93. The normalized spacial score (nSPS) is 13.4. The Balaban J connectivity index is 1.38. The van der Waals surface area contributed by atoms with Gasteiger partial charge in [0.2, 0.25) is 5.91 Å². The molecule has 0 bridgehead atoms. The quantitative estimate of drug-likeness (QED) is 0.714. The summed E-state index contributed by atoms with van der Waals surface area (Å²) in [5.74, 6) is 0.0247. The molecular weight excluding hydrogens is 376 g/mol. The van der Waals surface area contributed by atoms with Gasteiger partial charge in [-0.15, -0.1) is 0 Å². The molecule has 0 unspecified atom stereocenters. The largest absolute Gasteiger partial charge is 0.347 e. The smallest absolute Gasteiger partial charge is 0.268 e. The fourth-order valence-corrected chi connectivity index (χ4v) is 3.79. The molecule has 2 amide bonds. The molecule has 0 aliphatic carbocycles. The summed E-state index contributed by atoms with van der Waals surface area (Å²) >= 11 is 0. The number of aryl methyl sites for hydroxylation is 1. The van der Waals surface area contributed by atoms with Gasteiger partial charge in [0.25, 0.3) is 5.91 Å². The van der Waals surface area contributed by atoms with E-state index in [4.69, 9.17) is 0 Å². The van der Waals surface area contributed by atoms with Crippen LogP contribution in [-0.2, 0) is 30.7 Å². The highest BCUT2D eigenvalue weighted by Crippen LogP contribution is 2.16. The molecule has 2 aromatic heterocycles. The molecule has 0 fully saturated rings. The van der Waals surface area contributed by atoms with Crippen molar-refractivity contribution in [1.82, 2.24) is 19.8 Å². The fraction of sp³-hybridized carbons (Fsp3) is 0.292. The van der Waals surface area contributed by atoms with E-state index in [1.54, 1.807) is 12.4 Å². The first-order chi connectivity index (χ1) is 14.6. The number of amides is 2. The monoisotopic (exact) mass is 402 g/mol. The predicted octanol–water partition coefficient (Wildman–Crippen LogP) is 2.75. The maximum absolute atomic E-state index is 12.8. The maximum Gasteiger partial charge on any atom is 0.268 e. The molecule has 0 atom stereocenters. The van der Waals surface area contributed by atoms with Crippen molar-refractivity contribution in [3.63, 3.8) is 0 Å². The Hall–Kier alpha value is -3.41. The average molecular weight is 402 g/mol. The van der Waals surface area contributed by atoms with Gasteiger partial charge in [0.05, 0.1) is 6.42 Å². The van der Waals surface area contributed by atoms with Gasteiger partial charge in [0.15, 0.2) is 0 Å². The highest BCUT2D eigenvalue weighted by molar-refractivity contribution is 5.93. The van der Waals surface area contributed by atoms with Crippen LogP contribution in [0.15, 0.2) is 60.9 Å². The van der Waals surface area contributed by atoms with Crippen molar-refractivity contribution in [3.05, 3.63) is 89.0 Å². The number of nitrogens with one attached hydrogen (secondary N) is 1. The number of nitrogens with zero attached hydrogens (tertiary/aromatic N) is 3. The van der Waals surface area contributed by atoms with Crippen LogP contribution in [0.2, 0.25) is 0 Å². The summed E-state index contributed by atoms with van der Waals surface area (Å²) in [7, 11) is 0. The highest BCUT2D eigenvalue weighted by Gasteiger charge is 2.22. The highest BCUT2D eigenvalue weighted by atomic mass is 16.2. The lowest BCUT2D eigenvalue weighted by molar-refractivity contribution is -0.130. The lowest BCUT2D eigenvalue weighted by Gasteiger charge is -2.20. The van der Waals surface area contributed by atoms with Gasteiger partial charge in [-0.05, 0) is 36.2 Å². The molecular formula is C24H26N4O2. The van der Waals surface area contributed by atoms with Crippen LogP contribution in [0.25, 0.3) is 0 Å². The lowest BCUT2D eigenvalue weighted by Crippen LogP contribution is -2.35. The van der Waals surface area contributed by atoms with Crippen LogP contribution in [0.3, 0.4) is 0 Å². The van der Waals surface area contributed by atoms with Gasteiger partial charge in [-0.25, -0.2) is 0 Å². The fourth-order valence-electron chi connectivity index (χ4n) is 3.79. The maximum atomic E-state index is 12.8. The van der Waals surface area contributed by atoms with E-state index in [-0.39, 0.29) is 11.8 Å². The van der Waals surface area contributed by atoms with Crippen molar-refractivity contribution in [1.29, 1.82) is 0 Å². The van der Waals surface area contributed by atoms with E-state index in [0.717, 1.165) is 23.2 Å². The van der Waals surface area contributed by atoms with Gasteiger partial charge in [0, 0.05) is 50.7 Å². The second kappa shape index (κ2) is 8.95. The lowest BCUT2D eigenvalue weighted by atomic mass is 10.1. The van der Waals surface area contributed by atoms with Crippen molar-refractivity contribution in [2.75, 3.05) is 13.1 Å². The first-order valence-electron chi connectivity index (χ1n) is 10.3. The summed E-state index contributed by atoms with van der Waals surface area (Å²) in [6.45, 7) is 4.38. The van der Waals surface area contributed by atoms with Crippen LogP contribution in [0, 0.1) is 6.92 Å². The van der Waals surface area contributed by atoms with Crippen LogP contribution in [0.5, 0.6) is 0 Å². The van der Waals surface area contributed by atoms with Gasteiger partial charge in [-0.1, -0.05) is 35.9 Å². The molecule has 3 heterocycles. The Morgan fingerprint density at radius 2 is 1.83 bits per heavy atom. The molecule has 0 saturated heterocycles. The SMILES string of the molecule is Cc1ccc(CC(=O)N2CCc3ccc(C(=O)NCc4cccnc4)n3CC2)cc1. The Labute approximate surface area is 176 Å². The minimum atomic E-state index is -0.107. The Morgan fingerprint density at radius 1 is 1.00 bits per heavy atom. The van der Waals surface area contributed by atoms with Crippen LogP contribution >= 0.6 is 0 Å². The predicted molar refractivity (Wildman–Crippen MR) is 115 cm³/mol. The Bertz CT molecular complexity index is 1030. The molecule has 0 spiro atoms. The summed E-state index contributed by atoms with van der Waals surface area (Å²) in [5.41, 5.74) is 4.91. The average Bonchev–Trinajstić information content (AvgIpc) is 3.05. The number of benzene rings is 1. The van der Waals surface area contributed by atoms with E-state index >= 15 is 0 Å². The topological polar surface area (TPSA) is 67.2 Å². The van der Waals surface area contributed by atoms with Crippen LogP contribution in [-0.4, -0.2) is 39.4 Å². The van der Waals surface area contributed by atoms with Gasteiger partial charge in [-0.3, -0.25) is 14.6 Å². The zero-order valence-corrected chi connectivity index (χ0v) is 17.2. The van der Waals surface area contributed by atoms with Crippen molar-refractivity contribution in [2.45, 2.75) is 32.9 Å². The van der Waals surface area contributed by atoms with E-state index < -0.39 is 0 Å². The zero-order chi connectivity index (χ0) is 20.9. The molecule has 6 heteroatoms. The van der Waals surface area contributed by atoms with Crippen molar-refractivity contribution in [3.8, 4) is 0 Å². The number of rotatable bonds is 5. The summed E-state index contributed by atoms with van der Waals surface area (Å²) in [4.78, 5) is 31.5.